The number of halogens is 3. The molecule has 184 valence electrons. The van der Waals surface area contributed by atoms with Gasteiger partial charge in [0.1, 0.15) is 12.4 Å². The molecule has 0 bridgehead atoms. The minimum atomic E-state index is -1.56. The van der Waals surface area contributed by atoms with Crippen molar-refractivity contribution >= 4 is 11.6 Å². The molecule has 0 aliphatic carbocycles. The Morgan fingerprint density at radius 3 is 2.41 bits per heavy atom. The van der Waals surface area contributed by atoms with Gasteiger partial charge >= 0.3 is 0 Å². The zero-order valence-electron chi connectivity index (χ0n) is 19.5. The van der Waals surface area contributed by atoms with Crippen molar-refractivity contribution in [3.05, 3.63) is 81.0 Å². The van der Waals surface area contributed by atoms with Crippen molar-refractivity contribution in [3.63, 3.8) is 0 Å². The Morgan fingerprint density at radius 1 is 1.12 bits per heavy atom. The molecule has 0 spiro atoms. The molecule has 2 aromatic carbocycles. The summed E-state index contributed by atoms with van der Waals surface area (Å²) < 4.78 is 52.6. The molecule has 0 saturated carbocycles. The first kappa shape index (κ1) is 26.9. The van der Waals surface area contributed by atoms with E-state index in [0.717, 1.165) is 17.7 Å². The minimum Gasteiger partial charge on any atom is -0.491 e. The van der Waals surface area contributed by atoms with E-state index < -0.39 is 23.0 Å². The van der Waals surface area contributed by atoms with Gasteiger partial charge in [-0.2, -0.15) is 4.98 Å². The van der Waals surface area contributed by atoms with Crippen LogP contribution < -0.4 is 15.6 Å². The summed E-state index contributed by atoms with van der Waals surface area (Å²) in [7, 11) is 1.42. The minimum absolute atomic E-state index is 0.0121. The van der Waals surface area contributed by atoms with E-state index in [9.17, 15) is 18.0 Å². The van der Waals surface area contributed by atoms with Crippen LogP contribution in [0.15, 0.2) is 41.3 Å². The molecule has 0 atom stereocenters. The zero-order valence-corrected chi connectivity index (χ0v) is 19.5. The molecule has 0 radical (unpaired) electrons. The highest BCUT2D eigenvalue weighted by molar-refractivity contribution is 5.61. The highest BCUT2D eigenvalue weighted by atomic mass is 19.2. The van der Waals surface area contributed by atoms with Crippen molar-refractivity contribution in [1.82, 2.24) is 9.55 Å². The first-order valence-electron chi connectivity index (χ1n) is 10.7. The molecule has 3 rings (SSSR count). The number of methoxy groups -OCH3 is 1. The Morgan fingerprint density at radius 2 is 1.79 bits per heavy atom. The van der Waals surface area contributed by atoms with Gasteiger partial charge in [0.25, 0.3) is 5.56 Å². The number of rotatable bonds is 9. The Labute approximate surface area is 195 Å². The number of nitrogens with zero attached hydrogens (tertiary/aromatic N) is 2. The summed E-state index contributed by atoms with van der Waals surface area (Å²) in [5, 5.41) is 12.0. The summed E-state index contributed by atoms with van der Waals surface area (Å²) >= 11 is 0. The van der Waals surface area contributed by atoms with Crippen LogP contribution in [0.2, 0.25) is 0 Å². The maximum atomic E-state index is 13.7. The van der Waals surface area contributed by atoms with Crippen LogP contribution in [0.4, 0.5) is 24.8 Å². The largest absolute Gasteiger partial charge is 0.491 e. The second-order valence-electron chi connectivity index (χ2n) is 7.00. The molecule has 2 N–H and O–H groups in total. The van der Waals surface area contributed by atoms with Crippen LogP contribution in [-0.2, 0) is 17.9 Å². The van der Waals surface area contributed by atoms with Gasteiger partial charge in [0.2, 0.25) is 5.95 Å². The van der Waals surface area contributed by atoms with Gasteiger partial charge in [0, 0.05) is 25.1 Å². The smallest absolute Gasteiger partial charge is 0.279 e. The maximum absolute atomic E-state index is 13.7. The molecule has 0 aliphatic heterocycles. The van der Waals surface area contributed by atoms with E-state index in [4.69, 9.17) is 14.6 Å². The number of aliphatic hydroxyl groups excluding tert-OH is 1. The fraction of sp³-hybridized carbons (Fsp3) is 0.333. The maximum Gasteiger partial charge on any atom is 0.279 e. The number of aliphatic hydroxyl groups is 1. The predicted octanol–water partition coefficient (Wildman–Crippen LogP) is 4.30. The highest BCUT2D eigenvalue weighted by Gasteiger charge is 2.15. The van der Waals surface area contributed by atoms with E-state index in [2.05, 4.69) is 10.3 Å². The number of aryl methyl sites for hydroxylation is 1. The summed E-state index contributed by atoms with van der Waals surface area (Å²) in [6.45, 7) is 5.68. The first-order valence-corrected chi connectivity index (χ1v) is 10.7. The van der Waals surface area contributed by atoms with Crippen LogP contribution >= 0.6 is 0 Å². The second kappa shape index (κ2) is 12.8. The average molecular weight is 479 g/mol. The van der Waals surface area contributed by atoms with Gasteiger partial charge in [-0.1, -0.05) is 19.9 Å². The Balaban J connectivity index is 0.00000199. The average Bonchev–Trinajstić information content (AvgIpc) is 2.82. The highest BCUT2D eigenvalue weighted by Crippen LogP contribution is 2.25. The van der Waals surface area contributed by atoms with E-state index in [1.54, 1.807) is 18.2 Å². The molecule has 1 heterocycles. The van der Waals surface area contributed by atoms with Crippen molar-refractivity contribution in [2.45, 2.75) is 33.9 Å². The lowest BCUT2D eigenvalue weighted by Gasteiger charge is -2.17. The molecule has 0 saturated heterocycles. The van der Waals surface area contributed by atoms with Gasteiger partial charge in [-0.05, 0) is 36.2 Å². The third kappa shape index (κ3) is 6.82. The molecule has 0 amide bonds. The van der Waals surface area contributed by atoms with Crippen LogP contribution in [0.1, 0.15) is 30.5 Å². The van der Waals surface area contributed by atoms with Gasteiger partial charge in [0.05, 0.1) is 25.3 Å². The summed E-state index contributed by atoms with van der Waals surface area (Å²) in [4.78, 5) is 16.5. The normalized spacial score (nSPS) is 10.5. The topological polar surface area (TPSA) is 85.6 Å². The van der Waals surface area contributed by atoms with Gasteiger partial charge < -0.3 is 24.5 Å². The fourth-order valence-corrected chi connectivity index (χ4v) is 3.02. The molecule has 0 unspecified atom stereocenters. The lowest BCUT2D eigenvalue weighted by molar-refractivity contribution is 0.183. The van der Waals surface area contributed by atoms with Crippen molar-refractivity contribution in [3.8, 4) is 5.75 Å². The third-order valence-corrected chi connectivity index (χ3v) is 4.58. The number of aromatic nitrogens is 2. The molecule has 1 aromatic heterocycles. The lowest BCUT2D eigenvalue weighted by Crippen LogP contribution is -2.21. The molecular formula is C24H28F3N3O4. The summed E-state index contributed by atoms with van der Waals surface area (Å²) in [6, 6.07) is 6.93. The van der Waals surface area contributed by atoms with Crippen LogP contribution in [0.5, 0.6) is 5.75 Å². The van der Waals surface area contributed by atoms with Gasteiger partial charge in [0.15, 0.2) is 17.5 Å². The molecular weight excluding hydrogens is 451 g/mol. The Kier molecular flexibility index (Phi) is 10.1. The van der Waals surface area contributed by atoms with Crippen molar-refractivity contribution in [2.75, 3.05) is 25.6 Å². The van der Waals surface area contributed by atoms with Crippen molar-refractivity contribution in [2.24, 2.45) is 0 Å². The fourth-order valence-electron chi connectivity index (χ4n) is 3.02. The predicted molar refractivity (Wildman–Crippen MR) is 123 cm³/mol. The van der Waals surface area contributed by atoms with E-state index in [1.165, 1.54) is 17.9 Å². The summed E-state index contributed by atoms with van der Waals surface area (Å²) in [5.74, 6) is -3.60. The number of anilines is 2. The van der Waals surface area contributed by atoms with Gasteiger partial charge in [-0.25, -0.2) is 13.2 Å². The number of ether oxygens (including phenoxy) is 2. The monoisotopic (exact) mass is 479 g/mol. The van der Waals surface area contributed by atoms with Crippen molar-refractivity contribution in [1.29, 1.82) is 0 Å². The standard InChI is InChI=1S/C22H22F3N3O4.C2H6/c1-13-3-4-16(32-6-5-29)9-19(13)26-22-27-21(30)15(12-31-2)11-28(22)10-14-7-17(23)20(25)18(24)8-14;1-2/h3-4,7-9,11,29H,5-6,10,12H2,1-2H3,(H,26,27,30);1-2H3. The number of hydrogen-bond donors (Lipinski definition) is 2. The van der Waals surface area contributed by atoms with Crippen LogP contribution in [-0.4, -0.2) is 35.0 Å². The number of benzene rings is 2. The molecule has 10 heteroatoms. The van der Waals surface area contributed by atoms with Crippen LogP contribution in [0.25, 0.3) is 0 Å². The summed E-state index contributed by atoms with van der Waals surface area (Å²) in [6.07, 6.45) is 1.46. The second-order valence-corrected chi connectivity index (χ2v) is 7.00. The molecule has 34 heavy (non-hydrogen) atoms. The molecule has 0 aliphatic rings. The molecule has 3 aromatic rings. The quantitative estimate of drug-likeness (QED) is 0.445. The number of hydrogen-bond acceptors (Lipinski definition) is 6. The lowest BCUT2D eigenvalue weighted by atomic mass is 10.2. The van der Waals surface area contributed by atoms with E-state index in [1.807, 2.05) is 20.8 Å². The Bertz CT molecular complexity index is 1150. The van der Waals surface area contributed by atoms with E-state index in [0.29, 0.717) is 11.4 Å². The van der Waals surface area contributed by atoms with Gasteiger partial charge in [-0.3, -0.25) is 4.79 Å². The van der Waals surface area contributed by atoms with Crippen LogP contribution in [0, 0.1) is 24.4 Å². The van der Waals surface area contributed by atoms with E-state index >= 15 is 0 Å². The number of nitrogens with one attached hydrogen (secondary N) is 1. The van der Waals surface area contributed by atoms with E-state index in [-0.39, 0.29) is 43.4 Å². The summed E-state index contributed by atoms with van der Waals surface area (Å²) in [5.41, 5.74) is 1.21. The van der Waals surface area contributed by atoms with Crippen LogP contribution in [0.3, 0.4) is 0 Å². The third-order valence-electron chi connectivity index (χ3n) is 4.58. The first-order chi connectivity index (χ1) is 16.3. The van der Waals surface area contributed by atoms with Gasteiger partial charge in [-0.15, -0.1) is 0 Å². The zero-order chi connectivity index (χ0) is 25.3. The SMILES string of the molecule is CC.COCc1cn(Cc2cc(F)c(F)c(F)c2)c(Nc2cc(OCCO)ccc2C)nc1=O. The van der Waals surface area contributed by atoms with Crippen molar-refractivity contribution < 1.29 is 27.8 Å². The molecule has 0 fully saturated rings. The molecule has 7 nitrogen and oxygen atoms in total. The Hall–Kier alpha value is -3.37.